The van der Waals surface area contributed by atoms with Gasteiger partial charge >= 0.3 is 0 Å². The van der Waals surface area contributed by atoms with Gasteiger partial charge in [0.2, 0.25) is 0 Å². The normalized spacial score (nSPS) is 23.4. The number of hydrogen-bond donors (Lipinski definition) is 2. The maximum Gasteiger partial charge on any atom is 0.0490 e. The van der Waals surface area contributed by atoms with E-state index in [4.69, 9.17) is 0 Å². The van der Waals surface area contributed by atoms with Gasteiger partial charge in [-0.25, -0.2) is 0 Å². The summed E-state index contributed by atoms with van der Waals surface area (Å²) < 4.78 is 0. The van der Waals surface area contributed by atoms with E-state index >= 15 is 0 Å². The molecule has 0 radical (unpaired) electrons. The van der Waals surface area contributed by atoms with Crippen LogP contribution in [0.2, 0.25) is 0 Å². The quantitative estimate of drug-likeness (QED) is 0.880. The minimum atomic E-state index is 0.583. The van der Waals surface area contributed by atoms with Crippen LogP contribution in [0, 0.1) is 0 Å². The fourth-order valence-corrected chi connectivity index (χ4v) is 3.10. The third-order valence-electron chi connectivity index (χ3n) is 4.11. The van der Waals surface area contributed by atoms with Crippen molar-refractivity contribution in [1.82, 2.24) is 15.5 Å². The van der Waals surface area contributed by atoms with Gasteiger partial charge in [-0.15, -0.1) is 0 Å². The van der Waals surface area contributed by atoms with E-state index in [-0.39, 0.29) is 0 Å². The minimum absolute atomic E-state index is 0.583. The van der Waals surface area contributed by atoms with Gasteiger partial charge in [-0.1, -0.05) is 43.2 Å². The first kappa shape index (κ1) is 12.4. The first-order chi connectivity index (χ1) is 9.43. The highest BCUT2D eigenvalue weighted by Crippen LogP contribution is 2.33. The van der Waals surface area contributed by atoms with Crippen LogP contribution in [-0.2, 0) is 6.54 Å². The Morgan fingerprint density at radius 3 is 2.74 bits per heavy atom. The van der Waals surface area contributed by atoms with Crippen molar-refractivity contribution in [3.63, 3.8) is 0 Å². The Morgan fingerprint density at radius 1 is 1.11 bits per heavy atom. The molecule has 2 unspecified atom stereocenters. The van der Waals surface area contributed by atoms with E-state index < -0.39 is 0 Å². The summed E-state index contributed by atoms with van der Waals surface area (Å²) in [6, 6.07) is 13.5. The second kappa shape index (κ2) is 6.02. The molecule has 0 spiro atoms. The van der Waals surface area contributed by atoms with Crippen LogP contribution in [0.4, 0.5) is 0 Å². The molecule has 0 amide bonds. The molecule has 1 saturated carbocycles. The zero-order valence-electron chi connectivity index (χ0n) is 11.2. The van der Waals surface area contributed by atoms with Gasteiger partial charge in [0, 0.05) is 24.5 Å². The van der Waals surface area contributed by atoms with Crippen molar-refractivity contribution < 1.29 is 0 Å². The highest BCUT2D eigenvalue weighted by Gasteiger charge is 2.25. The number of hydrogen-bond acceptors (Lipinski definition) is 2. The summed E-state index contributed by atoms with van der Waals surface area (Å²) in [5.41, 5.74) is 2.64. The second-order valence-electron chi connectivity index (χ2n) is 5.37. The van der Waals surface area contributed by atoms with Crippen LogP contribution in [0.1, 0.15) is 42.9 Å². The average Bonchev–Trinajstić information content (AvgIpc) is 3.00. The maximum atomic E-state index is 4.00. The fraction of sp³-hybridized carbons (Fsp3) is 0.438. The SMILES string of the molecule is c1ccc(C2CCCCC2NCc2ccn[nH]2)cc1. The van der Waals surface area contributed by atoms with Gasteiger partial charge < -0.3 is 5.32 Å². The third kappa shape index (κ3) is 3.04. The number of rotatable bonds is 4. The first-order valence-corrected chi connectivity index (χ1v) is 7.20. The summed E-state index contributed by atoms with van der Waals surface area (Å²) in [5, 5.41) is 10.7. The maximum absolute atomic E-state index is 4.00. The van der Waals surface area contributed by atoms with Gasteiger partial charge in [-0.3, -0.25) is 5.10 Å². The first-order valence-electron chi connectivity index (χ1n) is 7.20. The van der Waals surface area contributed by atoms with E-state index in [1.165, 1.54) is 31.2 Å². The molecule has 2 atom stereocenters. The molecule has 3 heteroatoms. The van der Waals surface area contributed by atoms with Crippen molar-refractivity contribution in [3.05, 3.63) is 53.9 Å². The highest BCUT2D eigenvalue weighted by atomic mass is 15.1. The number of nitrogens with one attached hydrogen (secondary N) is 2. The van der Waals surface area contributed by atoms with Crippen LogP contribution in [0.5, 0.6) is 0 Å². The smallest absolute Gasteiger partial charge is 0.0490 e. The lowest BCUT2D eigenvalue weighted by Gasteiger charge is -2.32. The van der Waals surface area contributed by atoms with Crippen LogP contribution in [0.15, 0.2) is 42.6 Å². The molecule has 1 aliphatic rings. The highest BCUT2D eigenvalue weighted by molar-refractivity contribution is 5.22. The molecule has 1 aliphatic carbocycles. The van der Waals surface area contributed by atoms with Crippen molar-refractivity contribution >= 4 is 0 Å². The van der Waals surface area contributed by atoms with Gasteiger partial charge in [-0.2, -0.15) is 5.10 Å². The van der Waals surface area contributed by atoms with Crippen molar-refractivity contribution in [2.24, 2.45) is 0 Å². The molecule has 2 N–H and O–H groups in total. The molecule has 1 fully saturated rings. The van der Waals surface area contributed by atoms with Crippen LogP contribution >= 0.6 is 0 Å². The van der Waals surface area contributed by atoms with E-state index in [1.807, 2.05) is 12.3 Å². The lowest BCUT2D eigenvalue weighted by Crippen LogP contribution is -2.36. The summed E-state index contributed by atoms with van der Waals surface area (Å²) in [5.74, 6) is 0.651. The Bertz CT molecular complexity index is 478. The largest absolute Gasteiger partial charge is 0.308 e. The van der Waals surface area contributed by atoms with Crippen LogP contribution in [-0.4, -0.2) is 16.2 Å². The van der Waals surface area contributed by atoms with Gasteiger partial charge in [0.1, 0.15) is 0 Å². The molecule has 3 nitrogen and oxygen atoms in total. The van der Waals surface area contributed by atoms with Crippen LogP contribution in [0.25, 0.3) is 0 Å². The summed E-state index contributed by atoms with van der Waals surface area (Å²) in [6.07, 6.45) is 7.07. The Hall–Kier alpha value is -1.61. The topological polar surface area (TPSA) is 40.7 Å². The molecule has 19 heavy (non-hydrogen) atoms. The monoisotopic (exact) mass is 255 g/mol. The Labute approximate surface area is 114 Å². The number of benzene rings is 1. The molecule has 100 valence electrons. The molecule has 0 bridgehead atoms. The molecule has 1 heterocycles. The summed E-state index contributed by atoms with van der Waals surface area (Å²) >= 11 is 0. The van der Waals surface area contributed by atoms with E-state index in [0.29, 0.717) is 12.0 Å². The predicted molar refractivity (Wildman–Crippen MR) is 76.9 cm³/mol. The standard InChI is InChI=1S/C16H21N3/c1-2-6-13(7-3-1)15-8-4-5-9-16(15)17-12-14-10-11-18-19-14/h1-3,6-7,10-11,15-17H,4-5,8-9,12H2,(H,18,19). The Balaban J connectivity index is 1.67. The molecule has 0 saturated heterocycles. The van der Waals surface area contributed by atoms with E-state index in [0.717, 1.165) is 12.2 Å². The van der Waals surface area contributed by atoms with Crippen LogP contribution in [0.3, 0.4) is 0 Å². The number of H-pyrrole nitrogens is 1. The summed E-state index contributed by atoms with van der Waals surface area (Å²) in [4.78, 5) is 0. The summed E-state index contributed by atoms with van der Waals surface area (Å²) in [6.45, 7) is 0.883. The lowest BCUT2D eigenvalue weighted by molar-refractivity contribution is 0.325. The molecule has 2 aromatic rings. The molecule has 1 aromatic heterocycles. The van der Waals surface area contributed by atoms with Crippen molar-refractivity contribution in [3.8, 4) is 0 Å². The Kier molecular flexibility index (Phi) is 3.94. The summed E-state index contributed by atoms with van der Waals surface area (Å²) in [7, 11) is 0. The zero-order valence-corrected chi connectivity index (χ0v) is 11.2. The van der Waals surface area contributed by atoms with Gasteiger partial charge in [-0.05, 0) is 30.4 Å². The molecule has 1 aromatic carbocycles. The Morgan fingerprint density at radius 2 is 1.95 bits per heavy atom. The lowest BCUT2D eigenvalue weighted by atomic mass is 9.80. The van der Waals surface area contributed by atoms with Gasteiger partial charge in [0.25, 0.3) is 0 Å². The number of aromatic amines is 1. The van der Waals surface area contributed by atoms with E-state index in [9.17, 15) is 0 Å². The van der Waals surface area contributed by atoms with Crippen molar-refractivity contribution in [2.75, 3.05) is 0 Å². The number of aromatic nitrogens is 2. The zero-order chi connectivity index (χ0) is 12.9. The molecule has 3 rings (SSSR count). The average molecular weight is 255 g/mol. The number of nitrogens with zero attached hydrogens (tertiary/aromatic N) is 1. The van der Waals surface area contributed by atoms with Crippen LogP contribution < -0.4 is 5.32 Å². The third-order valence-corrected chi connectivity index (χ3v) is 4.11. The molecule has 0 aliphatic heterocycles. The molecular formula is C16H21N3. The van der Waals surface area contributed by atoms with Gasteiger partial charge in [0.05, 0.1) is 0 Å². The van der Waals surface area contributed by atoms with E-state index in [1.54, 1.807) is 0 Å². The predicted octanol–water partition coefficient (Wildman–Crippen LogP) is 3.23. The fourth-order valence-electron chi connectivity index (χ4n) is 3.10. The van der Waals surface area contributed by atoms with Gasteiger partial charge in [0.15, 0.2) is 0 Å². The van der Waals surface area contributed by atoms with E-state index in [2.05, 4.69) is 45.8 Å². The molecular weight excluding hydrogens is 234 g/mol. The van der Waals surface area contributed by atoms with Crippen molar-refractivity contribution in [2.45, 2.75) is 44.2 Å². The minimum Gasteiger partial charge on any atom is -0.308 e. The second-order valence-corrected chi connectivity index (χ2v) is 5.37. The van der Waals surface area contributed by atoms with Crippen molar-refractivity contribution in [1.29, 1.82) is 0 Å².